The number of nitrogens with one attached hydrogen (secondary N) is 2. The molecule has 1 aliphatic rings. The van der Waals surface area contributed by atoms with Gasteiger partial charge in [-0.1, -0.05) is 17.7 Å². The van der Waals surface area contributed by atoms with Gasteiger partial charge < -0.3 is 5.32 Å². The lowest BCUT2D eigenvalue weighted by atomic mass is 10.1. The maximum Gasteiger partial charge on any atom is 0.229 e. The Hall–Kier alpha value is -2.93. The highest BCUT2D eigenvalue weighted by Gasteiger charge is 2.11. The first-order chi connectivity index (χ1) is 12.4. The number of hydrogen-bond donors (Lipinski definition) is 2. The maximum atomic E-state index is 13.0. The number of hydrogen-bond acceptors (Lipinski definition) is 5. The van der Waals surface area contributed by atoms with Crippen LogP contribution in [0.1, 0.15) is 12.8 Å². The summed E-state index contributed by atoms with van der Waals surface area (Å²) in [6, 6.07) is 10.3. The first-order valence-electron chi connectivity index (χ1n) is 8.18. The fraction of sp³-hybridized carbons (Fsp3) is 0.158. The van der Waals surface area contributed by atoms with E-state index in [2.05, 4.69) is 15.0 Å². The number of rotatable bonds is 4. The van der Waals surface area contributed by atoms with Crippen molar-refractivity contribution < 1.29 is 8.42 Å². The summed E-state index contributed by atoms with van der Waals surface area (Å²) in [5.74, 6) is 0. The Morgan fingerprint density at radius 2 is 1.77 bits per heavy atom. The molecule has 0 radical (unpaired) electrons. The van der Waals surface area contributed by atoms with Crippen molar-refractivity contribution in [1.29, 1.82) is 0 Å². The molecule has 1 aliphatic carbocycles. The highest BCUT2D eigenvalue weighted by molar-refractivity contribution is 7.92. The molecular weight excluding hydrogens is 350 g/mol. The highest BCUT2D eigenvalue weighted by Crippen LogP contribution is 2.27. The van der Waals surface area contributed by atoms with Gasteiger partial charge in [-0.3, -0.25) is 14.5 Å². The number of anilines is 2. The molecule has 3 aromatic rings. The molecule has 6 nitrogen and oxygen atoms in total. The van der Waals surface area contributed by atoms with Crippen molar-refractivity contribution in [3.05, 3.63) is 64.6 Å². The second-order valence-corrected chi connectivity index (χ2v) is 8.19. The molecule has 0 unspecified atom stereocenters. The van der Waals surface area contributed by atoms with E-state index in [0.29, 0.717) is 22.0 Å². The Labute approximate surface area is 150 Å². The summed E-state index contributed by atoms with van der Waals surface area (Å²) in [6.07, 6.45) is 6.93. The number of aromatic nitrogens is 1. The van der Waals surface area contributed by atoms with E-state index in [0.717, 1.165) is 30.2 Å². The predicted molar refractivity (Wildman–Crippen MR) is 105 cm³/mol. The molecule has 4 rings (SSSR count). The molecule has 1 fully saturated rings. The molecule has 1 saturated carbocycles. The van der Waals surface area contributed by atoms with Gasteiger partial charge in [0.25, 0.3) is 0 Å². The Morgan fingerprint density at radius 3 is 2.50 bits per heavy atom. The first kappa shape index (κ1) is 16.5. The minimum atomic E-state index is -3.42. The molecule has 1 heterocycles. The average Bonchev–Trinajstić information content (AvgIpc) is 3.41. The van der Waals surface area contributed by atoms with Gasteiger partial charge in [-0.05, 0) is 42.5 Å². The van der Waals surface area contributed by atoms with Gasteiger partial charge in [0.15, 0.2) is 5.43 Å². The smallest absolute Gasteiger partial charge is 0.229 e. The second kappa shape index (κ2) is 6.10. The molecule has 2 aromatic carbocycles. The van der Waals surface area contributed by atoms with Crippen LogP contribution in [0.2, 0.25) is 0 Å². The predicted octanol–water partition coefficient (Wildman–Crippen LogP) is 3.21. The van der Waals surface area contributed by atoms with Crippen LogP contribution >= 0.6 is 0 Å². The minimum absolute atomic E-state index is 0.188. The molecule has 0 atom stereocenters. The fourth-order valence-corrected chi connectivity index (χ4v) is 3.32. The Bertz CT molecular complexity index is 1230. The van der Waals surface area contributed by atoms with Crippen molar-refractivity contribution >= 4 is 43.1 Å². The SMILES string of the molecule is CS(=O)(=O)Nc1ccc2ccc3ncc(NC=C4CC4)cc3c(=O)c2c1. The van der Waals surface area contributed by atoms with Gasteiger partial charge in [-0.15, -0.1) is 0 Å². The number of benzene rings is 1. The Morgan fingerprint density at radius 1 is 1.04 bits per heavy atom. The Kier molecular flexibility index (Phi) is 3.88. The molecule has 132 valence electrons. The van der Waals surface area contributed by atoms with E-state index in [1.54, 1.807) is 36.5 Å². The monoisotopic (exact) mass is 367 g/mol. The van der Waals surface area contributed by atoms with Crippen LogP contribution in [0.25, 0.3) is 21.7 Å². The molecule has 2 N–H and O–H groups in total. The number of pyridine rings is 1. The van der Waals surface area contributed by atoms with E-state index in [1.807, 2.05) is 12.3 Å². The van der Waals surface area contributed by atoms with Crippen LogP contribution in [0.5, 0.6) is 0 Å². The normalized spacial score (nSPS) is 13.7. The third-order valence-corrected chi connectivity index (χ3v) is 4.77. The van der Waals surface area contributed by atoms with Crippen LogP contribution in [0.15, 0.2) is 59.2 Å². The Balaban J connectivity index is 1.89. The zero-order valence-electron chi connectivity index (χ0n) is 14.1. The highest BCUT2D eigenvalue weighted by atomic mass is 32.2. The lowest BCUT2D eigenvalue weighted by Gasteiger charge is -2.04. The number of allylic oxidation sites excluding steroid dienone is 1. The van der Waals surface area contributed by atoms with Crippen molar-refractivity contribution in [1.82, 2.24) is 4.98 Å². The van der Waals surface area contributed by atoms with E-state index in [1.165, 1.54) is 5.57 Å². The third-order valence-electron chi connectivity index (χ3n) is 4.17. The summed E-state index contributed by atoms with van der Waals surface area (Å²) < 4.78 is 25.3. The van der Waals surface area contributed by atoms with Gasteiger partial charge in [-0.2, -0.15) is 0 Å². The van der Waals surface area contributed by atoms with Gasteiger partial charge in [0.1, 0.15) is 0 Å². The molecule has 0 saturated heterocycles. The largest absolute Gasteiger partial charge is 0.360 e. The third kappa shape index (κ3) is 3.52. The van der Waals surface area contributed by atoms with Crippen LogP contribution in [0.3, 0.4) is 0 Å². The summed E-state index contributed by atoms with van der Waals surface area (Å²) in [5.41, 5.74) is 2.85. The van der Waals surface area contributed by atoms with Crippen LogP contribution in [0, 0.1) is 0 Å². The van der Waals surface area contributed by atoms with Gasteiger partial charge >= 0.3 is 0 Å². The van der Waals surface area contributed by atoms with E-state index in [-0.39, 0.29) is 5.43 Å². The lowest BCUT2D eigenvalue weighted by molar-refractivity contribution is 0.607. The lowest BCUT2D eigenvalue weighted by Crippen LogP contribution is -2.10. The number of nitrogens with zero attached hydrogens (tertiary/aromatic N) is 1. The quantitative estimate of drug-likeness (QED) is 0.739. The minimum Gasteiger partial charge on any atom is -0.360 e. The van der Waals surface area contributed by atoms with Crippen molar-refractivity contribution in [2.75, 3.05) is 16.3 Å². The van der Waals surface area contributed by atoms with Gasteiger partial charge in [0.2, 0.25) is 10.0 Å². The first-order valence-corrected chi connectivity index (χ1v) is 10.1. The molecule has 26 heavy (non-hydrogen) atoms. The van der Waals surface area contributed by atoms with Crippen molar-refractivity contribution in [2.45, 2.75) is 12.8 Å². The van der Waals surface area contributed by atoms with Gasteiger partial charge in [-0.25, -0.2) is 8.42 Å². The van der Waals surface area contributed by atoms with Crippen molar-refractivity contribution in [3.8, 4) is 0 Å². The molecule has 0 bridgehead atoms. The zero-order chi connectivity index (χ0) is 18.3. The summed E-state index contributed by atoms with van der Waals surface area (Å²) in [5, 5.41) is 4.82. The molecule has 1 aromatic heterocycles. The van der Waals surface area contributed by atoms with Gasteiger partial charge in [0, 0.05) is 17.3 Å². The molecular formula is C19H17N3O3S. The summed E-state index contributed by atoms with van der Waals surface area (Å²) in [7, 11) is -3.42. The summed E-state index contributed by atoms with van der Waals surface area (Å²) in [6.45, 7) is 0. The van der Waals surface area contributed by atoms with E-state index in [4.69, 9.17) is 0 Å². The maximum absolute atomic E-state index is 13.0. The topological polar surface area (TPSA) is 88.2 Å². The van der Waals surface area contributed by atoms with Crippen LogP contribution < -0.4 is 15.5 Å². The molecule has 0 amide bonds. The average molecular weight is 367 g/mol. The molecule has 7 heteroatoms. The summed E-state index contributed by atoms with van der Waals surface area (Å²) in [4.78, 5) is 17.4. The summed E-state index contributed by atoms with van der Waals surface area (Å²) >= 11 is 0. The van der Waals surface area contributed by atoms with Crippen molar-refractivity contribution in [2.24, 2.45) is 0 Å². The van der Waals surface area contributed by atoms with E-state index >= 15 is 0 Å². The standard InChI is InChI=1S/C19H17N3O3S/c1-26(24,25)22-14-6-4-13-5-7-18-17(19(23)16(13)8-14)9-15(11-21-18)20-10-12-2-3-12/h4-11,20,22H,2-3H2,1H3. The van der Waals surface area contributed by atoms with Crippen LogP contribution in [-0.4, -0.2) is 19.7 Å². The fourth-order valence-electron chi connectivity index (χ4n) is 2.76. The number of fused-ring (bicyclic) bond motifs is 2. The number of sulfonamides is 1. The van der Waals surface area contributed by atoms with Crippen LogP contribution in [0.4, 0.5) is 11.4 Å². The molecule has 0 spiro atoms. The van der Waals surface area contributed by atoms with Crippen molar-refractivity contribution in [3.63, 3.8) is 0 Å². The zero-order valence-corrected chi connectivity index (χ0v) is 14.9. The van der Waals surface area contributed by atoms with E-state index in [9.17, 15) is 13.2 Å². The van der Waals surface area contributed by atoms with E-state index < -0.39 is 10.0 Å². The molecule has 0 aliphatic heterocycles. The second-order valence-electron chi connectivity index (χ2n) is 6.44. The van der Waals surface area contributed by atoms with Crippen LogP contribution in [-0.2, 0) is 10.0 Å². The van der Waals surface area contributed by atoms with Gasteiger partial charge in [0.05, 0.1) is 29.0 Å².